The van der Waals surface area contributed by atoms with Crippen LogP contribution in [0.4, 0.5) is 0 Å². The van der Waals surface area contributed by atoms with Gasteiger partial charge in [-0.2, -0.15) is 0 Å². The van der Waals surface area contributed by atoms with Crippen LogP contribution in [0.1, 0.15) is 18.4 Å². The van der Waals surface area contributed by atoms with Crippen LogP contribution >= 0.6 is 27.3 Å². The summed E-state index contributed by atoms with van der Waals surface area (Å²) in [5.74, 6) is -0.436. The van der Waals surface area contributed by atoms with Crippen LogP contribution in [0, 0.1) is 5.38 Å². The quantitative estimate of drug-likeness (QED) is 0.505. The summed E-state index contributed by atoms with van der Waals surface area (Å²) in [5, 5.41) is 2.94. The van der Waals surface area contributed by atoms with Gasteiger partial charge < -0.3 is 21.7 Å². The number of thiophene rings is 1. The number of methoxy groups -OCH3 is 1. The summed E-state index contributed by atoms with van der Waals surface area (Å²) in [5.41, 5.74) is 0.937. The van der Waals surface area contributed by atoms with Gasteiger partial charge >= 0.3 is 5.97 Å². The Labute approximate surface area is 119 Å². The average Bonchev–Trinajstić information content (AvgIpc) is 2.48. The summed E-state index contributed by atoms with van der Waals surface area (Å²) in [6, 6.07) is 1.80. The van der Waals surface area contributed by atoms with Crippen LogP contribution in [0.15, 0.2) is 9.85 Å². The van der Waals surface area contributed by atoms with E-state index in [-0.39, 0.29) is 48.3 Å². The van der Waals surface area contributed by atoms with E-state index in [0.717, 1.165) is 9.35 Å². The number of rotatable bonds is 2. The van der Waals surface area contributed by atoms with Gasteiger partial charge in [-0.05, 0) is 34.5 Å². The van der Waals surface area contributed by atoms with E-state index in [1.807, 2.05) is 6.92 Å². The van der Waals surface area contributed by atoms with Gasteiger partial charge in [0.1, 0.15) is 0 Å². The van der Waals surface area contributed by atoms with Gasteiger partial charge in [0.2, 0.25) is 0 Å². The number of esters is 1. The van der Waals surface area contributed by atoms with E-state index in [4.69, 9.17) is 0 Å². The SMILES string of the molecule is COC(=O)C(C)c1c[c]sc1Br.[Br-].[Zn]. The van der Waals surface area contributed by atoms with Crippen LogP contribution in [0.5, 0.6) is 0 Å². The molecule has 1 unspecified atom stereocenters. The minimum absolute atomic E-state index is 0. The predicted molar refractivity (Wildman–Crippen MR) is 51.3 cm³/mol. The molecule has 0 aliphatic heterocycles. The second kappa shape index (κ2) is 7.97. The maximum Gasteiger partial charge on any atom is 0.312 e. The van der Waals surface area contributed by atoms with Crippen molar-refractivity contribution in [1.82, 2.24) is 0 Å². The molecule has 0 N–H and O–H groups in total. The van der Waals surface area contributed by atoms with Crippen molar-refractivity contribution in [1.29, 1.82) is 0 Å². The van der Waals surface area contributed by atoms with Crippen molar-refractivity contribution in [3.05, 3.63) is 20.8 Å². The van der Waals surface area contributed by atoms with Gasteiger partial charge in [0, 0.05) is 24.9 Å². The fourth-order valence-corrected chi connectivity index (χ4v) is 2.24. The van der Waals surface area contributed by atoms with Gasteiger partial charge in [0.25, 0.3) is 0 Å². The fraction of sp³-hybridized carbons (Fsp3) is 0.375. The Bertz CT molecular complexity index is 291. The maximum absolute atomic E-state index is 11.1. The molecule has 1 radical (unpaired) electrons. The van der Waals surface area contributed by atoms with E-state index in [0.29, 0.717) is 0 Å². The fourth-order valence-electron chi connectivity index (χ4n) is 0.859. The molecule has 0 aliphatic rings. The zero-order valence-corrected chi connectivity index (χ0v) is 14.8. The van der Waals surface area contributed by atoms with E-state index < -0.39 is 0 Å². The number of carbonyl (C=O) groups is 1. The summed E-state index contributed by atoms with van der Waals surface area (Å²) in [4.78, 5) is 11.1. The standard InChI is InChI=1S/C8H8BrO2S.BrH.Zn/c1-5(8(10)11-2)6-3-4-12-7(6)9;;/h3,5H,1-2H3;1H;/p-1. The molecule has 0 saturated heterocycles. The van der Waals surface area contributed by atoms with Crippen molar-refractivity contribution in [2.45, 2.75) is 12.8 Å². The second-order valence-electron chi connectivity index (χ2n) is 2.34. The first kappa shape index (κ1) is 17.2. The van der Waals surface area contributed by atoms with Crippen molar-refractivity contribution < 1.29 is 46.0 Å². The van der Waals surface area contributed by atoms with Gasteiger partial charge in [0.05, 0.1) is 16.8 Å². The third-order valence-electron chi connectivity index (χ3n) is 1.61. The molecular formula is C8H8Br2O2SZn-. The first-order chi connectivity index (χ1) is 5.66. The van der Waals surface area contributed by atoms with Crippen LogP contribution in [0.2, 0.25) is 0 Å². The van der Waals surface area contributed by atoms with Gasteiger partial charge in [-0.3, -0.25) is 4.79 Å². The summed E-state index contributed by atoms with van der Waals surface area (Å²) in [6.07, 6.45) is 0. The minimum Gasteiger partial charge on any atom is -1.00 e. The number of hydrogen-bond acceptors (Lipinski definition) is 3. The Morgan fingerprint density at radius 2 is 2.29 bits per heavy atom. The molecule has 14 heavy (non-hydrogen) atoms. The van der Waals surface area contributed by atoms with Crippen LogP contribution in [-0.4, -0.2) is 13.1 Å². The van der Waals surface area contributed by atoms with Crippen molar-refractivity contribution >= 4 is 33.2 Å². The van der Waals surface area contributed by atoms with Crippen molar-refractivity contribution in [2.24, 2.45) is 0 Å². The molecule has 2 nitrogen and oxygen atoms in total. The van der Waals surface area contributed by atoms with Crippen molar-refractivity contribution in [3.8, 4) is 0 Å². The molecule has 1 atom stereocenters. The third-order valence-corrected chi connectivity index (χ3v) is 3.21. The molecule has 0 aromatic carbocycles. The van der Waals surface area contributed by atoms with Gasteiger partial charge in [-0.1, -0.05) is 0 Å². The second-order valence-corrected chi connectivity index (χ2v) is 4.50. The minimum atomic E-state index is -0.220. The predicted octanol–water partition coefficient (Wildman–Crippen LogP) is -0.411. The molecule has 0 aliphatic carbocycles. The van der Waals surface area contributed by atoms with Gasteiger partial charge in [-0.15, -0.1) is 11.3 Å². The summed E-state index contributed by atoms with van der Waals surface area (Å²) in [6.45, 7) is 1.81. The van der Waals surface area contributed by atoms with Gasteiger partial charge in [-0.25, -0.2) is 0 Å². The first-order valence-electron chi connectivity index (χ1n) is 3.40. The zero-order valence-electron chi connectivity index (χ0n) is 7.84. The number of ether oxygens (including phenoxy) is 1. The van der Waals surface area contributed by atoms with E-state index >= 15 is 0 Å². The molecule has 0 saturated carbocycles. The molecule has 0 fully saturated rings. The van der Waals surface area contributed by atoms with Crippen LogP contribution < -0.4 is 17.0 Å². The Balaban J connectivity index is 0. The van der Waals surface area contributed by atoms with Crippen LogP contribution in [-0.2, 0) is 29.0 Å². The van der Waals surface area contributed by atoms with Crippen molar-refractivity contribution in [2.75, 3.05) is 7.11 Å². The molecule has 1 aromatic rings. The van der Waals surface area contributed by atoms with E-state index in [2.05, 4.69) is 26.0 Å². The van der Waals surface area contributed by atoms with Gasteiger partial charge in [0.15, 0.2) is 0 Å². The molecule has 1 heterocycles. The number of halogens is 2. The Morgan fingerprint density at radius 1 is 1.71 bits per heavy atom. The molecule has 0 amide bonds. The summed E-state index contributed by atoms with van der Waals surface area (Å²) in [7, 11) is 1.39. The van der Waals surface area contributed by atoms with Crippen LogP contribution in [0.25, 0.3) is 0 Å². The summed E-state index contributed by atoms with van der Waals surface area (Å²) < 4.78 is 5.57. The molecule has 0 bridgehead atoms. The monoisotopic (exact) mass is 390 g/mol. The molecule has 75 valence electrons. The van der Waals surface area contributed by atoms with E-state index in [1.54, 1.807) is 6.07 Å². The molecular weight excluding hydrogens is 385 g/mol. The average molecular weight is 393 g/mol. The Hall–Kier alpha value is 0.753. The maximum atomic E-state index is 11.1. The largest absolute Gasteiger partial charge is 1.00 e. The Morgan fingerprint density at radius 3 is 2.64 bits per heavy atom. The normalized spacial score (nSPS) is 10.8. The van der Waals surface area contributed by atoms with E-state index in [1.165, 1.54) is 18.4 Å². The van der Waals surface area contributed by atoms with Crippen molar-refractivity contribution in [3.63, 3.8) is 0 Å². The smallest absolute Gasteiger partial charge is 0.312 e. The molecule has 1 rings (SSSR count). The Kier molecular flexibility index (Phi) is 9.77. The number of carbonyl (C=O) groups excluding carboxylic acids is 1. The van der Waals surface area contributed by atoms with Crippen LogP contribution in [0.3, 0.4) is 0 Å². The number of hydrogen-bond donors (Lipinski definition) is 0. The van der Waals surface area contributed by atoms with E-state index in [9.17, 15) is 4.79 Å². The topological polar surface area (TPSA) is 26.3 Å². The summed E-state index contributed by atoms with van der Waals surface area (Å²) >= 11 is 4.79. The molecule has 0 spiro atoms. The third kappa shape index (κ3) is 4.09. The molecule has 6 heteroatoms. The molecule has 1 aromatic heterocycles. The zero-order chi connectivity index (χ0) is 9.14. The first-order valence-corrected chi connectivity index (χ1v) is 5.01.